The zero-order valence-electron chi connectivity index (χ0n) is 10.8. The maximum Gasteiger partial charge on any atom is 0.0104 e. The van der Waals surface area contributed by atoms with E-state index in [2.05, 4.69) is 51.9 Å². The Balaban J connectivity index is 3.95. The summed E-state index contributed by atoms with van der Waals surface area (Å²) in [6.07, 6.45) is 1.23. The normalized spacial score (nSPS) is 18.2. The number of hydrogen-bond donors (Lipinski definition) is 1. The monoisotopic (exact) mass is 200 g/mol. The van der Waals surface area contributed by atoms with Crippen LogP contribution in [0.5, 0.6) is 0 Å². The van der Waals surface area contributed by atoms with Gasteiger partial charge in [-0.15, -0.1) is 0 Å². The van der Waals surface area contributed by atoms with E-state index in [1.54, 1.807) is 0 Å². The first-order chi connectivity index (χ1) is 6.54. The summed E-state index contributed by atoms with van der Waals surface area (Å²) in [5.41, 5.74) is 0. The van der Waals surface area contributed by atoms with Gasteiger partial charge in [0.05, 0.1) is 0 Å². The molecule has 0 fully saturated rings. The second kappa shape index (κ2) is 7.24. The average Bonchev–Trinajstić information content (AvgIpc) is 2.22. The molecule has 86 valence electrons. The molecule has 3 unspecified atom stereocenters. The van der Waals surface area contributed by atoms with Crippen LogP contribution in [0, 0.1) is 5.92 Å². The molecule has 0 saturated heterocycles. The second-order valence-corrected chi connectivity index (χ2v) is 4.45. The molecule has 0 rings (SSSR count). The van der Waals surface area contributed by atoms with Gasteiger partial charge < -0.3 is 10.2 Å². The van der Waals surface area contributed by atoms with E-state index in [4.69, 9.17) is 0 Å². The summed E-state index contributed by atoms with van der Waals surface area (Å²) in [5, 5.41) is 3.41. The standard InChI is InChI=1S/C12H28N2/c1-7-11(4)14(6)12(5)10(3)9-13-8-2/h10-13H,7-9H2,1-6H3. The molecule has 0 bridgehead atoms. The van der Waals surface area contributed by atoms with Crippen LogP contribution in [0.1, 0.15) is 41.0 Å². The Kier molecular flexibility index (Phi) is 7.20. The Morgan fingerprint density at radius 1 is 1.14 bits per heavy atom. The van der Waals surface area contributed by atoms with E-state index in [9.17, 15) is 0 Å². The van der Waals surface area contributed by atoms with Gasteiger partial charge in [-0.05, 0) is 46.3 Å². The van der Waals surface area contributed by atoms with Gasteiger partial charge in [-0.1, -0.05) is 20.8 Å². The summed E-state index contributed by atoms with van der Waals surface area (Å²) in [6, 6.07) is 1.35. The number of nitrogens with one attached hydrogen (secondary N) is 1. The van der Waals surface area contributed by atoms with Gasteiger partial charge in [0, 0.05) is 12.1 Å². The molecule has 14 heavy (non-hydrogen) atoms. The van der Waals surface area contributed by atoms with Gasteiger partial charge in [0.2, 0.25) is 0 Å². The van der Waals surface area contributed by atoms with Crippen molar-refractivity contribution in [2.24, 2.45) is 5.92 Å². The molecule has 1 N–H and O–H groups in total. The molecule has 2 heteroatoms. The second-order valence-electron chi connectivity index (χ2n) is 4.45. The van der Waals surface area contributed by atoms with Crippen LogP contribution < -0.4 is 5.32 Å². The van der Waals surface area contributed by atoms with Gasteiger partial charge >= 0.3 is 0 Å². The molecule has 2 nitrogen and oxygen atoms in total. The van der Waals surface area contributed by atoms with Crippen LogP contribution in [0.15, 0.2) is 0 Å². The van der Waals surface area contributed by atoms with Crippen LogP contribution in [0.25, 0.3) is 0 Å². The Bertz CT molecular complexity index is 136. The molecule has 0 aliphatic carbocycles. The largest absolute Gasteiger partial charge is 0.317 e. The Morgan fingerprint density at radius 2 is 1.71 bits per heavy atom. The van der Waals surface area contributed by atoms with Gasteiger partial charge in [0.1, 0.15) is 0 Å². The first-order valence-electron chi connectivity index (χ1n) is 5.97. The maximum atomic E-state index is 3.41. The van der Waals surface area contributed by atoms with Crippen molar-refractivity contribution in [3.63, 3.8) is 0 Å². The predicted octanol–water partition coefficient (Wildman–Crippen LogP) is 2.35. The summed E-state index contributed by atoms with van der Waals surface area (Å²) in [4.78, 5) is 2.49. The van der Waals surface area contributed by atoms with Crippen LogP contribution in [-0.2, 0) is 0 Å². The molecule has 0 saturated carbocycles. The molecule has 0 radical (unpaired) electrons. The van der Waals surface area contributed by atoms with Crippen molar-refractivity contribution < 1.29 is 0 Å². The highest BCUT2D eigenvalue weighted by Crippen LogP contribution is 2.12. The van der Waals surface area contributed by atoms with E-state index < -0.39 is 0 Å². The minimum absolute atomic E-state index is 0.656. The van der Waals surface area contributed by atoms with E-state index in [0.29, 0.717) is 18.0 Å². The van der Waals surface area contributed by atoms with Gasteiger partial charge in [0.15, 0.2) is 0 Å². The third kappa shape index (κ3) is 4.43. The number of hydrogen-bond acceptors (Lipinski definition) is 2. The Morgan fingerprint density at radius 3 is 2.14 bits per heavy atom. The first-order valence-corrected chi connectivity index (χ1v) is 5.97. The number of rotatable bonds is 7. The zero-order chi connectivity index (χ0) is 11.1. The summed E-state index contributed by atoms with van der Waals surface area (Å²) >= 11 is 0. The molecule has 0 aromatic rings. The van der Waals surface area contributed by atoms with E-state index in [0.717, 1.165) is 13.1 Å². The molecule has 0 amide bonds. The van der Waals surface area contributed by atoms with Crippen molar-refractivity contribution in [2.75, 3.05) is 20.1 Å². The van der Waals surface area contributed by atoms with E-state index >= 15 is 0 Å². The summed E-state index contributed by atoms with van der Waals surface area (Å²) < 4.78 is 0. The minimum Gasteiger partial charge on any atom is -0.317 e. The van der Waals surface area contributed by atoms with Crippen molar-refractivity contribution in [3.05, 3.63) is 0 Å². The topological polar surface area (TPSA) is 15.3 Å². The van der Waals surface area contributed by atoms with E-state index in [-0.39, 0.29) is 0 Å². The summed E-state index contributed by atoms with van der Waals surface area (Å²) in [7, 11) is 2.24. The van der Waals surface area contributed by atoms with Crippen molar-refractivity contribution in [1.29, 1.82) is 0 Å². The fourth-order valence-corrected chi connectivity index (χ4v) is 1.63. The molecule has 0 aromatic carbocycles. The SMILES string of the molecule is CCNCC(C)C(C)N(C)C(C)CC. The highest BCUT2D eigenvalue weighted by Gasteiger charge is 2.19. The van der Waals surface area contributed by atoms with Crippen LogP contribution >= 0.6 is 0 Å². The molecular weight excluding hydrogens is 172 g/mol. The van der Waals surface area contributed by atoms with Gasteiger partial charge in [0.25, 0.3) is 0 Å². The van der Waals surface area contributed by atoms with E-state index in [1.165, 1.54) is 6.42 Å². The third-order valence-electron chi connectivity index (χ3n) is 3.47. The smallest absolute Gasteiger partial charge is 0.0104 e. The summed E-state index contributed by atoms with van der Waals surface area (Å²) in [5.74, 6) is 0.717. The lowest BCUT2D eigenvalue weighted by molar-refractivity contribution is 0.146. The number of nitrogens with zero attached hydrogens (tertiary/aromatic N) is 1. The lowest BCUT2D eigenvalue weighted by atomic mass is 10.0. The highest BCUT2D eigenvalue weighted by atomic mass is 15.2. The molecule has 0 spiro atoms. The van der Waals surface area contributed by atoms with Crippen LogP contribution in [-0.4, -0.2) is 37.1 Å². The molecule has 3 atom stereocenters. The highest BCUT2D eigenvalue weighted by molar-refractivity contribution is 4.75. The van der Waals surface area contributed by atoms with Crippen LogP contribution in [0.3, 0.4) is 0 Å². The Hall–Kier alpha value is -0.0800. The predicted molar refractivity (Wildman–Crippen MR) is 64.7 cm³/mol. The third-order valence-corrected chi connectivity index (χ3v) is 3.47. The van der Waals surface area contributed by atoms with Gasteiger partial charge in [-0.25, -0.2) is 0 Å². The zero-order valence-corrected chi connectivity index (χ0v) is 10.8. The van der Waals surface area contributed by atoms with Crippen LogP contribution in [0.2, 0.25) is 0 Å². The van der Waals surface area contributed by atoms with Gasteiger partial charge in [-0.2, -0.15) is 0 Å². The van der Waals surface area contributed by atoms with Crippen molar-refractivity contribution in [2.45, 2.75) is 53.1 Å². The molecule has 0 aliphatic heterocycles. The average molecular weight is 200 g/mol. The van der Waals surface area contributed by atoms with Crippen molar-refractivity contribution in [1.82, 2.24) is 10.2 Å². The molecule has 0 aliphatic rings. The fraction of sp³-hybridized carbons (Fsp3) is 1.00. The maximum absolute atomic E-state index is 3.41. The van der Waals surface area contributed by atoms with Crippen molar-refractivity contribution in [3.8, 4) is 0 Å². The quantitative estimate of drug-likeness (QED) is 0.678. The lowest BCUT2D eigenvalue weighted by Crippen LogP contribution is -2.43. The molecule has 0 aromatic heterocycles. The van der Waals surface area contributed by atoms with Crippen LogP contribution in [0.4, 0.5) is 0 Å². The minimum atomic E-state index is 0.656. The molecule has 0 heterocycles. The lowest BCUT2D eigenvalue weighted by Gasteiger charge is -2.34. The van der Waals surface area contributed by atoms with Crippen molar-refractivity contribution >= 4 is 0 Å². The van der Waals surface area contributed by atoms with Gasteiger partial charge in [-0.3, -0.25) is 0 Å². The fourth-order valence-electron chi connectivity index (χ4n) is 1.63. The van der Waals surface area contributed by atoms with E-state index in [1.807, 2.05) is 0 Å². The summed E-state index contributed by atoms with van der Waals surface area (Å²) in [6.45, 7) is 13.6. The molecular formula is C12H28N2. The first kappa shape index (κ1) is 13.9. The Labute approximate surface area is 90.1 Å².